The quantitative estimate of drug-likeness (QED) is 0.166. The number of aliphatic hydroxyl groups is 1. The molecule has 45 heavy (non-hydrogen) atoms. The Morgan fingerprint density at radius 2 is 1.40 bits per heavy atom. The van der Waals surface area contributed by atoms with Crippen molar-refractivity contribution in [2.45, 2.75) is 118 Å². The summed E-state index contributed by atoms with van der Waals surface area (Å²) >= 11 is 0. The van der Waals surface area contributed by atoms with Crippen LogP contribution in [0.1, 0.15) is 106 Å². The maximum Gasteiger partial charge on any atom is 0.311 e. The van der Waals surface area contributed by atoms with Gasteiger partial charge in [0.25, 0.3) is 0 Å². The fourth-order valence-electron chi connectivity index (χ4n) is 5.41. The van der Waals surface area contributed by atoms with E-state index in [2.05, 4.69) is 10.6 Å². The van der Waals surface area contributed by atoms with Crippen LogP contribution in [0.4, 0.5) is 0 Å². The molecule has 2 fully saturated rings. The van der Waals surface area contributed by atoms with E-state index in [0.29, 0.717) is 51.7 Å². The minimum atomic E-state index is -0.887. The largest absolute Gasteiger partial charge is 0.481 e. The van der Waals surface area contributed by atoms with E-state index in [4.69, 9.17) is 9.84 Å². The molecule has 0 spiro atoms. The Bertz CT molecular complexity index is 976. The third-order valence-corrected chi connectivity index (χ3v) is 9.54. The van der Waals surface area contributed by atoms with E-state index in [0.717, 1.165) is 32.1 Å². The van der Waals surface area contributed by atoms with Crippen LogP contribution in [0.25, 0.3) is 0 Å². The molecule has 3 atom stereocenters. The van der Waals surface area contributed by atoms with Gasteiger partial charge < -0.3 is 35.6 Å². The zero-order chi connectivity index (χ0) is 34.4. The fourth-order valence-corrected chi connectivity index (χ4v) is 5.41. The molecule has 5 N–H and O–H groups in total. The number of likely N-dealkylation sites (N-methyl/N-ethyl adjacent to an activating group) is 1. The van der Waals surface area contributed by atoms with E-state index < -0.39 is 40.7 Å². The summed E-state index contributed by atoms with van der Waals surface area (Å²) in [6.07, 6.45) is 6.59. The molecule has 0 aromatic carbocycles. The summed E-state index contributed by atoms with van der Waals surface area (Å²) in [6.45, 7) is 12.5. The fraction of sp³-hybridized carbons (Fsp3) is 0.848. The first-order chi connectivity index (χ1) is 21.0. The third kappa shape index (κ3) is 13.7. The highest BCUT2D eigenvalue weighted by Crippen LogP contribution is 2.30. The number of nitrogens with zero attached hydrogens (tertiary/aromatic N) is 1. The van der Waals surface area contributed by atoms with Gasteiger partial charge in [-0.25, -0.2) is 0 Å². The molecule has 2 aliphatic carbocycles. The lowest BCUT2D eigenvalue weighted by molar-refractivity contribution is -0.157. The van der Waals surface area contributed by atoms with Gasteiger partial charge in [0.15, 0.2) is 0 Å². The summed E-state index contributed by atoms with van der Waals surface area (Å²) < 4.78 is 5.14. The molecule has 0 aromatic rings. The van der Waals surface area contributed by atoms with Crippen LogP contribution < -0.4 is 10.6 Å². The topological polar surface area (TPSA) is 183 Å². The molecule has 260 valence electrons. The molecule has 0 heterocycles. The van der Waals surface area contributed by atoms with Gasteiger partial charge in [0.05, 0.1) is 23.2 Å². The number of esters is 1. The number of carbonyl (C=O) groups excluding carboxylic acids is 3. The lowest BCUT2D eigenvalue weighted by Crippen LogP contribution is -2.45. The molecule has 12 heteroatoms. The van der Waals surface area contributed by atoms with Gasteiger partial charge in [0.1, 0.15) is 12.7 Å². The van der Waals surface area contributed by atoms with Gasteiger partial charge in [-0.15, -0.1) is 0 Å². The predicted molar refractivity (Wildman–Crippen MR) is 170 cm³/mol. The Hall–Kier alpha value is -2.73. The number of ether oxygens (including phenoxy) is 1. The van der Waals surface area contributed by atoms with Gasteiger partial charge in [0.2, 0.25) is 11.8 Å². The predicted octanol–water partition coefficient (Wildman–Crippen LogP) is 3.45. The van der Waals surface area contributed by atoms with Crippen molar-refractivity contribution in [3.05, 3.63) is 0 Å². The van der Waals surface area contributed by atoms with Crippen LogP contribution >= 0.6 is 0 Å². The Balaban J connectivity index is 0.000000450. The van der Waals surface area contributed by atoms with Crippen LogP contribution in [0.5, 0.6) is 0 Å². The number of rotatable bonds is 15. The van der Waals surface area contributed by atoms with Crippen molar-refractivity contribution >= 4 is 29.7 Å². The maximum atomic E-state index is 12.3. The molecule has 2 saturated carbocycles. The van der Waals surface area contributed by atoms with Crippen LogP contribution in [0.3, 0.4) is 0 Å². The molecular formula is C33H59N3O9. The smallest absolute Gasteiger partial charge is 0.311 e. The second-order valence-corrected chi connectivity index (χ2v) is 13.9. The lowest BCUT2D eigenvalue weighted by Gasteiger charge is -2.29. The van der Waals surface area contributed by atoms with Crippen LogP contribution in [-0.2, 0) is 28.7 Å². The molecule has 0 saturated heterocycles. The SMILES string of the molecule is CCC(C)(C)C(=O)N(C)CCNC(=O)C1CCCCC1C(=O)O.CCC(C)(C)C(=O)OCC(O)CNC1CCC(C(=O)O)CC1. The van der Waals surface area contributed by atoms with Crippen LogP contribution in [0.15, 0.2) is 0 Å². The van der Waals surface area contributed by atoms with E-state index in [1.807, 2.05) is 41.5 Å². The summed E-state index contributed by atoms with van der Waals surface area (Å²) in [5.41, 5.74) is -0.932. The number of aliphatic hydroxyl groups excluding tert-OH is 1. The number of carbonyl (C=O) groups is 5. The molecule has 0 bridgehead atoms. The van der Waals surface area contributed by atoms with Gasteiger partial charge in [0, 0.05) is 38.1 Å². The molecule has 0 aliphatic heterocycles. The van der Waals surface area contributed by atoms with Gasteiger partial charge in [-0.2, -0.15) is 0 Å². The Labute approximate surface area is 269 Å². The first-order valence-electron chi connectivity index (χ1n) is 16.5. The monoisotopic (exact) mass is 641 g/mol. The van der Waals surface area contributed by atoms with Gasteiger partial charge in [-0.3, -0.25) is 24.0 Å². The molecule has 0 aromatic heterocycles. The molecule has 12 nitrogen and oxygen atoms in total. The average Bonchev–Trinajstić information content (AvgIpc) is 3.02. The maximum absolute atomic E-state index is 12.3. The van der Waals surface area contributed by atoms with E-state index in [-0.39, 0.29) is 36.4 Å². The second kappa shape index (κ2) is 19.1. The van der Waals surface area contributed by atoms with Crippen LogP contribution in [-0.4, -0.2) is 95.4 Å². The summed E-state index contributed by atoms with van der Waals surface area (Å²) in [6, 6.07) is 0.230. The number of amides is 2. The highest BCUT2D eigenvalue weighted by Gasteiger charge is 2.36. The summed E-state index contributed by atoms with van der Waals surface area (Å²) in [5, 5.41) is 34.1. The number of hydrogen-bond donors (Lipinski definition) is 5. The first-order valence-corrected chi connectivity index (χ1v) is 16.5. The Kier molecular flexibility index (Phi) is 17.1. The zero-order valence-corrected chi connectivity index (χ0v) is 28.5. The average molecular weight is 642 g/mol. The number of aliphatic carboxylic acids is 2. The van der Waals surface area contributed by atoms with Crippen molar-refractivity contribution in [1.82, 2.24) is 15.5 Å². The van der Waals surface area contributed by atoms with E-state index in [1.54, 1.807) is 11.9 Å². The Morgan fingerprint density at radius 1 is 0.844 bits per heavy atom. The molecule has 0 radical (unpaired) electrons. The second-order valence-electron chi connectivity index (χ2n) is 13.9. The molecule has 2 rings (SSSR count). The normalized spacial score (nSPS) is 22.7. The van der Waals surface area contributed by atoms with Gasteiger partial charge in [-0.05, 0) is 65.2 Å². The van der Waals surface area contributed by atoms with Crippen molar-refractivity contribution in [2.75, 3.05) is 33.3 Å². The molecular weight excluding hydrogens is 582 g/mol. The first kappa shape index (κ1) is 40.3. The number of hydrogen-bond acceptors (Lipinski definition) is 8. The summed E-state index contributed by atoms with van der Waals surface area (Å²) in [4.78, 5) is 60.0. The highest BCUT2D eigenvalue weighted by molar-refractivity contribution is 5.85. The van der Waals surface area contributed by atoms with Crippen molar-refractivity contribution in [1.29, 1.82) is 0 Å². The van der Waals surface area contributed by atoms with Crippen LogP contribution in [0, 0.1) is 28.6 Å². The highest BCUT2D eigenvalue weighted by atomic mass is 16.5. The lowest BCUT2D eigenvalue weighted by atomic mass is 9.79. The summed E-state index contributed by atoms with van der Waals surface area (Å²) in [7, 11) is 1.73. The molecule has 2 aliphatic rings. The van der Waals surface area contributed by atoms with Crippen molar-refractivity contribution in [3.63, 3.8) is 0 Å². The van der Waals surface area contributed by atoms with Crippen LogP contribution in [0.2, 0.25) is 0 Å². The number of carboxylic acids is 2. The van der Waals surface area contributed by atoms with E-state index >= 15 is 0 Å². The Morgan fingerprint density at radius 3 is 1.91 bits per heavy atom. The number of nitrogens with one attached hydrogen (secondary N) is 2. The minimum Gasteiger partial charge on any atom is -0.481 e. The zero-order valence-electron chi connectivity index (χ0n) is 28.5. The molecule has 2 amide bonds. The summed E-state index contributed by atoms with van der Waals surface area (Å²) in [5.74, 6) is -3.32. The molecule has 3 unspecified atom stereocenters. The van der Waals surface area contributed by atoms with E-state index in [9.17, 15) is 34.2 Å². The van der Waals surface area contributed by atoms with Crippen molar-refractivity contribution in [3.8, 4) is 0 Å². The van der Waals surface area contributed by atoms with Crippen molar-refractivity contribution in [2.24, 2.45) is 28.6 Å². The standard InChI is InChI=1S/C17H30N2O4.C16H29NO5/c1-5-17(2,3)16(23)19(4)11-10-18-14(20)12-8-6-7-9-13(12)15(21)22;1-4-16(2,3)15(21)22-10-13(18)9-17-12-7-5-11(6-8-12)14(19)20/h12-13H,5-11H2,1-4H3,(H,18,20)(H,21,22);11-13,17-18H,4-10H2,1-3H3,(H,19,20). The minimum absolute atomic E-state index is 0.0142. The van der Waals surface area contributed by atoms with Crippen molar-refractivity contribution < 1.29 is 44.0 Å². The van der Waals surface area contributed by atoms with E-state index in [1.165, 1.54) is 0 Å². The van der Waals surface area contributed by atoms with Gasteiger partial charge in [-0.1, -0.05) is 40.5 Å². The third-order valence-electron chi connectivity index (χ3n) is 9.54. The van der Waals surface area contributed by atoms with Gasteiger partial charge >= 0.3 is 17.9 Å². The number of carboxylic acid groups (broad SMARTS) is 2.